The lowest BCUT2D eigenvalue weighted by Crippen LogP contribution is -2.12. The Labute approximate surface area is 379 Å². The fraction of sp³-hybridized carbons (Fsp3) is 0. The molecular weight excluding hydrogens is 819 g/mol. The number of anilines is 6. The van der Waals surface area contributed by atoms with Crippen molar-refractivity contribution in [3.8, 4) is 22.3 Å². The van der Waals surface area contributed by atoms with E-state index >= 15 is 8.78 Å². The zero-order valence-corrected chi connectivity index (χ0v) is 35.8. The Morgan fingerprint density at radius 2 is 0.785 bits per heavy atom. The van der Waals surface area contributed by atoms with Gasteiger partial charge in [0.05, 0.1) is 17.1 Å². The summed E-state index contributed by atoms with van der Waals surface area (Å²) < 4.78 is 34.4. The highest BCUT2D eigenvalue weighted by atomic mass is 32.1. The summed E-state index contributed by atoms with van der Waals surface area (Å²) in [5.74, 6) is -0.626. The van der Waals surface area contributed by atoms with E-state index in [0.29, 0.717) is 11.4 Å². The molecule has 11 aromatic carbocycles. The van der Waals surface area contributed by atoms with Gasteiger partial charge in [0.2, 0.25) is 0 Å². The highest BCUT2D eigenvalue weighted by Crippen LogP contribution is 2.49. The van der Waals surface area contributed by atoms with Gasteiger partial charge in [-0.3, -0.25) is 0 Å². The van der Waals surface area contributed by atoms with Crippen molar-refractivity contribution in [2.75, 3.05) is 9.80 Å². The zero-order valence-electron chi connectivity index (χ0n) is 35.0. The number of hydrogen-bond acceptors (Lipinski definition) is 3. The third kappa shape index (κ3) is 6.68. The Kier molecular flexibility index (Phi) is 9.43. The van der Waals surface area contributed by atoms with Crippen molar-refractivity contribution in [1.29, 1.82) is 0 Å². The van der Waals surface area contributed by atoms with Crippen LogP contribution in [0.5, 0.6) is 0 Å². The lowest BCUT2D eigenvalue weighted by molar-refractivity contribution is 0.628. The predicted octanol–water partition coefficient (Wildman–Crippen LogP) is 18.1. The normalized spacial score (nSPS) is 11.5. The molecule has 2 nitrogen and oxygen atoms in total. The summed E-state index contributed by atoms with van der Waals surface area (Å²) in [6.45, 7) is 0. The second kappa shape index (κ2) is 15.9. The van der Waals surface area contributed by atoms with E-state index in [4.69, 9.17) is 0 Å². The van der Waals surface area contributed by atoms with Gasteiger partial charge in [-0.25, -0.2) is 8.78 Å². The van der Waals surface area contributed by atoms with Crippen molar-refractivity contribution in [3.63, 3.8) is 0 Å². The number of hydrogen-bond donors (Lipinski definition) is 0. The molecule has 0 saturated carbocycles. The summed E-state index contributed by atoms with van der Waals surface area (Å²) in [4.78, 5) is 4.07. The summed E-state index contributed by atoms with van der Waals surface area (Å²) in [6, 6.07) is 77.3. The minimum Gasteiger partial charge on any atom is -0.308 e. The summed E-state index contributed by atoms with van der Waals surface area (Å²) in [7, 11) is 0. The molecule has 1 heterocycles. The van der Waals surface area contributed by atoms with Crippen LogP contribution in [0, 0.1) is 11.6 Å². The molecule has 308 valence electrons. The van der Waals surface area contributed by atoms with Crippen LogP contribution in [-0.2, 0) is 0 Å². The molecule has 0 bridgehead atoms. The Hall–Kier alpha value is -8.12. The lowest BCUT2D eigenvalue weighted by atomic mass is 9.97. The molecule has 0 fully saturated rings. The van der Waals surface area contributed by atoms with Gasteiger partial charge in [0.1, 0.15) is 11.6 Å². The van der Waals surface area contributed by atoms with Crippen molar-refractivity contribution in [2.45, 2.75) is 0 Å². The molecule has 1 aromatic heterocycles. The van der Waals surface area contributed by atoms with E-state index in [9.17, 15) is 0 Å². The molecule has 12 aromatic rings. The molecule has 0 aliphatic heterocycles. The first kappa shape index (κ1) is 38.5. The van der Waals surface area contributed by atoms with Gasteiger partial charge in [0.25, 0.3) is 0 Å². The lowest BCUT2D eigenvalue weighted by Gasteiger charge is -2.28. The van der Waals surface area contributed by atoms with Gasteiger partial charge in [-0.05, 0) is 116 Å². The van der Waals surface area contributed by atoms with Gasteiger partial charge >= 0.3 is 0 Å². The smallest absolute Gasteiger partial charge is 0.147 e. The van der Waals surface area contributed by atoms with E-state index < -0.39 is 0 Å². The standard InChI is InChI=1S/C60H38F2N2S/c61-53-29-7-9-31-55(53)63(43-21-11-19-41(35-43)48-27-13-17-39-15-1-3-23-46(39)48)45-33-34-52-58(37-45)65-59-38-57(50-25-5-6-26-51(50)60(52)59)64(56-32-10-8-30-54(56)62)44-22-12-20-42(36-44)49-28-14-18-40-16-2-4-24-47(40)49/h1-38H. The van der Waals surface area contributed by atoms with Crippen LogP contribution in [0.4, 0.5) is 42.9 Å². The number of nitrogens with zero attached hydrogens (tertiary/aromatic N) is 2. The highest BCUT2D eigenvalue weighted by Gasteiger charge is 2.24. The Bertz CT molecular complexity index is 3790. The summed E-state index contributed by atoms with van der Waals surface area (Å²) >= 11 is 1.69. The van der Waals surface area contributed by atoms with Crippen molar-refractivity contribution >= 4 is 98.0 Å². The predicted molar refractivity (Wildman–Crippen MR) is 272 cm³/mol. The molecule has 0 radical (unpaired) electrons. The van der Waals surface area contributed by atoms with E-state index in [0.717, 1.165) is 92.1 Å². The number of rotatable bonds is 8. The van der Waals surface area contributed by atoms with Crippen molar-refractivity contribution in [3.05, 3.63) is 242 Å². The Balaban J connectivity index is 1.04. The third-order valence-corrected chi connectivity index (χ3v) is 13.6. The van der Waals surface area contributed by atoms with Gasteiger partial charge in [-0.2, -0.15) is 0 Å². The molecule has 0 aliphatic carbocycles. The van der Waals surface area contributed by atoms with Gasteiger partial charge in [0.15, 0.2) is 0 Å². The van der Waals surface area contributed by atoms with E-state index in [1.807, 2.05) is 41.3 Å². The maximum atomic E-state index is 16.3. The van der Waals surface area contributed by atoms with Crippen LogP contribution in [-0.4, -0.2) is 0 Å². The topological polar surface area (TPSA) is 6.48 Å². The van der Waals surface area contributed by atoms with Crippen LogP contribution in [0.3, 0.4) is 0 Å². The summed E-state index contributed by atoms with van der Waals surface area (Å²) in [5, 5.41) is 8.95. The first-order valence-corrected chi connectivity index (χ1v) is 22.5. The second-order valence-corrected chi connectivity index (χ2v) is 17.4. The van der Waals surface area contributed by atoms with E-state index in [2.05, 4.69) is 175 Å². The fourth-order valence-corrected chi connectivity index (χ4v) is 10.8. The van der Waals surface area contributed by atoms with E-state index in [1.54, 1.807) is 23.5 Å². The largest absolute Gasteiger partial charge is 0.308 e. The molecule has 0 N–H and O–H groups in total. The number of para-hydroxylation sites is 2. The number of halogens is 2. The van der Waals surface area contributed by atoms with Crippen LogP contribution in [0.1, 0.15) is 0 Å². The number of thiophene rings is 1. The van der Waals surface area contributed by atoms with Crippen LogP contribution in [0.25, 0.3) is 74.7 Å². The average molecular weight is 857 g/mol. The molecule has 12 rings (SSSR count). The maximum Gasteiger partial charge on any atom is 0.147 e. The number of benzene rings is 11. The molecule has 0 unspecified atom stereocenters. The van der Waals surface area contributed by atoms with Crippen LogP contribution in [0.2, 0.25) is 0 Å². The molecule has 0 atom stereocenters. The SMILES string of the molecule is Fc1ccccc1N(c1cccc(-c2cccc3ccccc23)c1)c1ccc2c(c1)sc1cc(N(c3cccc(-c4cccc5ccccc45)c3)c3ccccc3F)c3ccccc3c12. The summed E-state index contributed by atoms with van der Waals surface area (Å²) in [5.41, 5.74) is 8.65. The van der Waals surface area contributed by atoms with Crippen LogP contribution < -0.4 is 9.80 Å². The first-order chi connectivity index (χ1) is 32.1. The van der Waals surface area contributed by atoms with Crippen molar-refractivity contribution in [2.24, 2.45) is 0 Å². The molecule has 0 saturated heterocycles. The summed E-state index contributed by atoms with van der Waals surface area (Å²) in [6.07, 6.45) is 0. The second-order valence-electron chi connectivity index (χ2n) is 16.3. The maximum absolute atomic E-state index is 16.3. The highest BCUT2D eigenvalue weighted by molar-refractivity contribution is 7.26. The number of fused-ring (bicyclic) bond motifs is 7. The molecular formula is C60H38F2N2S. The van der Waals surface area contributed by atoms with E-state index in [1.165, 1.54) is 17.5 Å². The first-order valence-electron chi connectivity index (χ1n) is 21.7. The fourth-order valence-electron chi connectivity index (χ4n) is 9.61. The van der Waals surface area contributed by atoms with Crippen molar-refractivity contribution in [1.82, 2.24) is 0 Å². The average Bonchev–Trinajstić information content (AvgIpc) is 3.73. The Morgan fingerprint density at radius 1 is 0.308 bits per heavy atom. The Morgan fingerprint density at radius 3 is 1.40 bits per heavy atom. The van der Waals surface area contributed by atoms with Gasteiger partial charge in [-0.15, -0.1) is 11.3 Å². The molecule has 65 heavy (non-hydrogen) atoms. The third-order valence-electron chi connectivity index (χ3n) is 12.5. The van der Waals surface area contributed by atoms with Gasteiger partial charge in [-0.1, -0.05) is 164 Å². The molecule has 0 aliphatic rings. The monoisotopic (exact) mass is 856 g/mol. The van der Waals surface area contributed by atoms with Crippen molar-refractivity contribution < 1.29 is 8.78 Å². The van der Waals surface area contributed by atoms with Crippen LogP contribution in [0.15, 0.2) is 231 Å². The minimum absolute atomic E-state index is 0.312. The van der Waals surface area contributed by atoms with E-state index in [-0.39, 0.29) is 11.6 Å². The molecule has 0 amide bonds. The molecule has 0 spiro atoms. The molecule has 5 heteroatoms. The van der Waals surface area contributed by atoms with Gasteiger partial charge in [0, 0.05) is 42.6 Å². The van der Waals surface area contributed by atoms with Crippen LogP contribution >= 0.6 is 11.3 Å². The zero-order chi connectivity index (χ0) is 43.4. The quantitative estimate of drug-likeness (QED) is 0.150. The van der Waals surface area contributed by atoms with Gasteiger partial charge < -0.3 is 9.80 Å². The minimum atomic E-state index is -0.314.